The summed E-state index contributed by atoms with van der Waals surface area (Å²) in [6, 6.07) is 20.9. The molecule has 3 aromatic rings. The van der Waals surface area contributed by atoms with Gasteiger partial charge < -0.3 is 5.32 Å². The quantitative estimate of drug-likeness (QED) is 0.386. The number of nitrogens with zero attached hydrogens (tertiary/aromatic N) is 1. The molecule has 0 saturated carbocycles. The first-order valence-corrected chi connectivity index (χ1v) is 11.9. The third-order valence-corrected chi connectivity index (χ3v) is 6.73. The van der Waals surface area contributed by atoms with Gasteiger partial charge in [0.25, 0.3) is 11.8 Å². The van der Waals surface area contributed by atoms with Crippen molar-refractivity contribution in [3.8, 4) is 0 Å². The molecule has 1 N–H and O–H groups in total. The first-order valence-electron chi connectivity index (χ1n) is 10.7. The van der Waals surface area contributed by atoms with E-state index in [1.165, 1.54) is 22.2 Å². The van der Waals surface area contributed by atoms with Crippen LogP contribution in [-0.2, 0) is 9.59 Å². The molecule has 0 unspecified atom stereocenters. The summed E-state index contributed by atoms with van der Waals surface area (Å²) in [4.78, 5) is 29.5. The highest BCUT2D eigenvalue weighted by Gasteiger charge is 2.40. The van der Waals surface area contributed by atoms with Crippen molar-refractivity contribution in [3.05, 3.63) is 99.0 Å². The minimum absolute atomic E-state index is 0.274. The molecule has 0 atom stereocenters. The number of anilines is 2. The Morgan fingerprint density at radius 3 is 2.03 bits per heavy atom. The zero-order valence-electron chi connectivity index (χ0n) is 19.0. The van der Waals surface area contributed by atoms with E-state index in [1.807, 2.05) is 68.4 Å². The molecule has 3 aromatic carbocycles. The van der Waals surface area contributed by atoms with Gasteiger partial charge in [-0.3, -0.25) is 9.59 Å². The van der Waals surface area contributed by atoms with Crippen LogP contribution in [0.5, 0.6) is 0 Å². The molecule has 0 saturated heterocycles. The van der Waals surface area contributed by atoms with Crippen molar-refractivity contribution in [2.75, 3.05) is 10.2 Å². The van der Waals surface area contributed by atoms with Gasteiger partial charge >= 0.3 is 0 Å². The maximum atomic E-state index is 13.5. The second-order valence-corrected chi connectivity index (χ2v) is 9.97. The molecule has 0 bridgehead atoms. The Balaban J connectivity index is 1.73. The van der Waals surface area contributed by atoms with Gasteiger partial charge in [-0.1, -0.05) is 55.4 Å². The molecule has 0 fully saturated rings. The number of thioether (sulfide) groups is 1. The molecule has 0 aromatic heterocycles. The summed E-state index contributed by atoms with van der Waals surface area (Å²) in [5, 5.41) is 3.83. The van der Waals surface area contributed by atoms with Gasteiger partial charge in [-0.15, -0.1) is 0 Å². The molecule has 1 heterocycles. The molecule has 1 aliphatic heterocycles. The number of carbonyl (C=O) groups excluding carboxylic acids is 2. The number of imide groups is 1. The first-order chi connectivity index (χ1) is 15.7. The zero-order valence-corrected chi connectivity index (χ0v) is 20.6. The third kappa shape index (κ3) is 5.00. The number of hydrogen-bond donors (Lipinski definition) is 1. The Morgan fingerprint density at radius 2 is 1.45 bits per heavy atom. The van der Waals surface area contributed by atoms with Crippen molar-refractivity contribution >= 4 is 46.6 Å². The van der Waals surface area contributed by atoms with E-state index < -0.39 is 0 Å². The molecular weight excluding hydrogens is 452 g/mol. The van der Waals surface area contributed by atoms with Gasteiger partial charge in [0, 0.05) is 15.6 Å². The fraction of sp³-hybridized carbons (Fsp3) is 0.185. The molecular formula is C27H25ClN2O2S. The molecule has 0 spiro atoms. The van der Waals surface area contributed by atoms with Gasteiger partial charge in [0.2, 0.25) is 0 Å². The maximum Gasteiger partial charge on any atom is 0.283 e. The number of hydrogen-bond acceptors (Lipinski definition) is 4. The molecule has 1 aliphatic rings. The SMILES string of the molecule is Cc1cc(C)cc(N2C(=O)C(Nc3ccc(C(C)C)cc3)=C(Sc3ccc(Cl)cc3)C2=O)c1. The van der Waals surface area contributed by atoms with Crippen molar-refractivity contribution in [1.29, 1.82) is 0 Å². The zero-order chi connectivity index (χ0) is 23.7. The standard InChI is InChI=1S/C27H25ClN2O2S/c1-16(2)19-5-9-21(10-6-19)29-24-25(33-23-11-7-20(28)8-12-23)27(32)30(26(24)31)22-14-17(3)13-18(4)15-22/h5-16,29H,1-4H3. The van der Waals surface area contributed by atoms with E-state index in [4.69, 9.17) is 11.6 Å². The van der Waals surface area contributed by atoms with Crippen LogP contribution >= 0.6 is 23.4 Å². The number of carbonyl (C=O) groups is 2. The van der Waals surface area contributed by atoms with Crippen LogP contribution in [0.3, 0.4) is 0 Å². The normalized spacial score (nSPS) is 13.9. The fourth-order valence-corrected chi connectivity index (χ4v) is 4.80. The lowest BCUT2D eigenvalue weighted by atomic mass is 10.0. The van der Waals surface area contributed by atoms with Crippen molar-refractivity contribution in [3.63, 3.8) is 0 Å². The smallest absolute Gasteiger partial charge is 0.283 e. The Kier molecular flexibility index (Phi) is 6.63. The first kappa shape index (κ1) is 23.1. The van der Waals surface area contributed by atoms with Gasteiger partial charge in [0.05, 0.1) is 5.69 Å². The van der Waals surface area contributed by atoms with E-state index >= 15 is 0 Å². The molecule has 2 amide bonds. The lowest BCUT2D eigenvalue weighted by Crippen LogP contribution is -2.32. The Hall–Kier alpha value is -3.02. The molecule has 4 nitrogen and oxygen atoms in total. The van der Waals surface area contributed by atoms with Gasteiger partial charge in [-0.25, -0.2) is 4.90 Å². The molecule has 4 rings (SSSR count). The van der Waals surface area contributed by atoms with E-state index in [1.54, 1.807) is 12.1 Å². The van der Waals surface area contributed by atoms with Crippen LogP contribution in [0.2, 0.25) is 5.02 Å². The van der Waals surface area contributed by atoms with Crippen LogP contribution in [0.25, 0.3) is 0 Å². The third-order valence-electron chi connectivity index (χ3n) is 5.39. The van der Waals surface area contributed by atoms with Gasteiger partial charge in [-0.05, 0) is 85.0 Å². The van der Waals surface area contributed by atoms with Crippen LogP contribution in [0.15, 0.2) is 82.2 Å². The van der Waals surface area contributed by atoms with Crippen molar-refractivity contribution in [1.82, 2.24) is 0 Å². The van der Waals surface area contributed by atoms with E-state index in [0.29, 0.717) is 21.5 Å². The largest absolute Gasteiger partial charge is 0.350 e. The van der Waals surface area contributed by atoms with Gasteiger partial charge in [0.1, 0.15) is 10.6 Å². The molecule has 168 valence electrons. The highest BCUT2D eigenvalue weighted by molar-refractivity contribution is 8.04. The lowest BCUT2D eigenvalue weighted by molar-refractivity contribution is -0.120. The number of benzene rings is 3. The summed E-state index contributed by atoms with van der Waals surface area (Å²) < 4.78 is 0. The highest BCUT2D eigenvalue weighted by Crippen LogP contribution is 2.38. The van der Waals surface area contributed by atoms with Crippen molar-refractivity contribution < 1.29 is 9.59 Å². The lowest BCUT2D eigenvalue weighted by Gasteiger charge is -2.17. The highest BCUT2D eigenvalue weighted by atomic mass is 35.5. The van der Waals surface area contributed by atoms with Gasteiger partial charge in [-0.2, -0.15) is 0 Å². The summed E-state index contributed by atoms with van der Waals surface area (Å²) in [7, 11) is 0. The minimum Gasteiger partial charge on any atom is -0.350 e. The number of amides is 2. The molecule has 6 heteroatoms. The predicted molar refractivity (Wildman–Crippen MR) is 137 cm³/mol. The Labute approximate surface area is 203 Å². The van der Waals surface area contributed by atoms with Crippen LogP contribution in [-0.4, -0.2) is 11.8 Å². The van der Waals surface area contributed by atoms with Crippen LogP contribution in [0.4, 0.5) is 11.4 Å². The van der Waals surface area contributed by atoms with E-state index in [9.17, 15) is 9.59 Å². The summed E-state index contributed by atoms with van der Waals surface area (Å²) >= 11 is 7.28. The van der Waals surface area contributed by atoms with E-state index in [-0.39, 0.29) is 17.5 Å². The maximum absolute atomic E-state index is 13.5. The number of nitrogens with one attached hydrogen (secondary N) is 1. The summed E-state index contributed by atoms with van der Waals surface area (Å²) in [6.45, 7) is 8.17. The van der Waals surface area contributed by atoms with Crippen molar-refractivity contribution in [2.45, 2.75) is 38.5 Å². The molecule has 0 aliphatic carbocycles. The van der Waals surface area contributed by atoms with Crippen LogP contribution in [0, 0.1) is 13.8 Å². The average Bonchev–Trinajstić information content (AvgIpc) is 2.99. The Morgan fingerprint density at radius 1 is 0.848 bits per heavy atom. The number of aryl methyl sites for hydroxylation is 2. The average molecular weight is 477 g/mol. The second-order valence-electron chi connectivity index (χ2n) is 8.45. The van der Waals surface area contributed by atoms with Crippen LogP contribution < -0.4 is 10.2 Å². The van der Waals surface area contributed by atoms with Gasteiger partial charge in [0.15, 0.2) is 0 Å². The number of halogens is 1. The van der Waals surface area contributed by atoms with Crippen molar-refractivity contribution in [2.24, 2.45) is 0 Å². The van der Waals surface area contributed by atoms with E-state index in [2.05, 4.69) is 19.2 Å². The fourth-order valence-electron chi connectivity index (χ4n) is 3.74. The Bertz CT molecular complexity index is 1230. The summed E-state index contributed by atoms with van der Waals surface area (Å²) in [6.07, 6.45) is 0. The summed E-state index contributed by atoms with van der Waals surface area (Å²) in [5.74, 6) is -0.301. The minimum atomic E-state index is -0.366. The summed E-state index contributed by atoms with van der Waals surface area (Å²) in [5.41, 5.74) is 4.79. The monoisotopic (exact) mass is 476 g/mol. The predicted octanol–water partition coefficient (Wildman–Crippen LogP) is 7.07. The van der Waals surface area contributed by atoms with E-state index in [0.717, 1.165) is 21.7 Å². The second kappa shape index (κ2) is 9.46. The van der Waals surface area contributed by atoms with Crippen LogP contribution in [0.1, 0.15) is 36.5 Å². The molecule has 0 radical (unpaired) electrons. The molecule has 33 heavy (non-hydrogen) atoms. The topological polar surface area (TPSA) is 49.4 Å². The number of rotatable bonds is 6.